The minimum atomic E-state index is -0.156. The van der Waals surface area contributed by atoms with Gasteiger partial charge in [0.05, 0.1) is 0 Å². The van der Waals surface area contributed by atoms with Crippen LogP contribution in [0.25, 0.3) is 0 Å². The van der Waals surface area contributed by atoms with Gasteiger partial charge in [-0.2, -0.15) is 0 Å². The summed E-state index contributed by atoms with van der Waals surface area (Å²) in [5.74, 6) is 0.699. The lowest BCUT2D eigenvalue weighted by molar-refractivity contribution is 0.248. The molecular weight excluding hydrogens is 286 g/mol. The van der Waals surface area contributed by atoms with Crippen LogP contribution in [0.5, 0.6) is 0 Å². The molecule has 116 valence electrons. The summed E-state index contributed by atoms with van der Waals surface area (Å²) in [7, 11) is 0. The molecule has 2 aliphatic rings. The van der Waals surface area contributed by atoms with Crippen LogP contribution < -0.4 is 15.5 Å². The molecule has 0 spiro atoms. The summed E-state index contributed by atoms with van der Waals surface area (Å²) in [4.78, 5) is 14.2. The van der Waals surface area contributed by atoms with Crippen molar-refractivity contribution in [2.75, 3.05) is 23.3 Å². The molecule has 1 saturated heterocycles. The Hall–Kier alpha value is -1.37. The van der Waals surface area contributed by atoms with Crippen LogP contribution in [0.3, 0.4) is 0 Å². The number of carbonyl (C=O) groups excluding carboxylic acids is 1. The summed E-state index contributed by atoms with van der Waals surface area (Å²) in [5, 5.41) is 15.6. The molecule has 6 nitrogen and oxygen atoms in total. The number of aromatic nitrogens is 2. The van der Waals surface area contributed by atoms with Gasteiger partial charge < -0.3 is 10.2 Å². The van der Waals surface area contributed by atoms with E-state index in [2.05, 4.69) is 32.7 Å². The SMILES string of the molecule is CC1CCCN(c2nnc(NC(=O)NC3CCCC3)s2)C1. The number of nitrogens with one attached hydrogen (secondary N) is 2. The lowest BCUT2D eigenvalue weighted by Gasteiger charge is -2.29. The summed E-state index contributed by atoms with van der Waals surface area (Å²) in [5.41, 5.74) is 0. The van der Waals surface area contributed by atoms with Crippen LogP contribution >= 0.6 is 11.3 Å². The van der Waals surface area contributed by atoms with Crippen molar-refractivity contribution in [2.45, 2.75) is 51.5 Å². The molecule has 0 radical (unpaired) electrons. The predicted octanol–water partition coefficient (Wildman–Crippen LogP) is 2.84. The largest absolute Gasteiger partial charge is 0.346 e. The van der Waals surface area contributed by atoms with Crippen molar-refractivity contribution in [3.8, 4) is 0 Å². The maximum atomic E-state index is 11.9. The molecule has 1 unspecified atom stereocenters. The Morgan fingerprint density at radius 2 is 2.05 bits per heavy atom. The van der Waals surface area contributed by atoms with E-state index in [1.807, 2.05) is 0 Å². The summed E-state index contributed by atoms with van der Waals surface area (Å²) < 4.78 is 0. The van der Waals surface area contributed by atoms with Gasteiger partial charge in [-0.05, 0) is 31.6 Å². The zero-order valence-electron chi connectivity index (χ0n) is 12.5. The Kier molecular flexibility index (Phi) is 4.57. The van der Waals surface area contributed by atoms with Gasteiger partial charge in [0.15, 0.2) is 0 Å². The van der Waals surface area contributed by atoms with Gasteiger partial charge in [-0.1, -0.05) is 31.1 Å². The highest BCUT2D eigenvalue weighted by Crippen LogP contribution is 2.28. The molecular formula is C14H23N5OS. The molecule has 2 heterocycles. The van der Waals surface area contributed by atoms with E-state index in [1.54, 1.807) is 0 Å². The van der Waals surface area contributed by atoms with Crippen molar-refractivity contribution in [1.29, 1.82) is 0 Å². The normalized spacial score (nSPS) is 23.3. The molecule has 1 aromatic heterocycles. The van der Waals surface area contributed by atoms with Crippen LogP contribution in [0.15, 0.2) is 0 Å². The number of hydrogen-bond acceptors (Lipinski definition) is 5. The fourth-order valence-corrected chi connectivity index (χ4v) is 3.92. The molecule has 1 aliphatic carbocycles. The van der Waals surface area contributed by atoms with E-state index >= 15 is 0 Å². The van der Waals surface area contributed by atoms with E-state index in [1.165, 1.54) is 37.0 Å². The quantitative estimate of drug-likeness (QED) is 0.901. The first kappa shape index (κ1) is 14.6. The van der Waals surface area contributed by atoms with Crippen LogP contribution in [0.4, 0.5) is 15.1 Å². The fourth-order valence-electron chi connectivity index (χ4n) is 3.15. The molecule has 0 bridgehead atoms. The molecule has 1 atom stereocenters. The molecule has 2 fully saturated rings. The fraction of sp³-hybridized carbons (Fsp3) is 0.786. The van der Waals surface area contributed by atoms with Crippen molar-refractivity contribution in [3.05, 3.63) is 0 Å². The molecule has 2 N–H and O–H groups in total. The third kappa shape index (κ3) is 3.84. The van der Waals surface area contributed by atoms with Crippen molar-refractivity contribution in [3.63, 3.8) is 0 Å². The third-order valence-corrected chi connectivity index (χ3v) is 5.15. The molecule has 7 heteroatoms. The molecule has 21 heavy (non-hydrogen) atoms. The van der Waals surface area contributed by atoms with Crippen LogP contribution in [0.2, 0.25) is 0 Å². The van der Waals surface area contributed by atoms with E-state index in [0.29, 0.717) is 17.1 Å². The maximum Gasteiger partial charge on any atom is 0.321 e. The molecule has 1 aliphatic heterocycles. The molecule has 0 aromatic carbocycles. The number of rotatable bonds is 3. The third-order valence-electron chi connectivity index (χ3n) is 4.25. The van der Waals surface area contributed by atoms with Crippen LogP contribution in [-0.2, 0) is 0 Å². The Bertz CT molecular complexity index is 485. The van der Waals surface area contributed by atoms with Crippen LogP contribution in [0, 0.1) is 5.92 Å². The Balaban J connectivity index is 1.53. The number of nitrogens with zero attached hydrogens (tertiary/aromatic N) is 3. The second-order valence-electron chi connectivity index (χ2n) is 6.16. The molecule has 1 aromatic rings. The topological polar surface area (TPSA) is 70.2 Å². The number of piperidine rings is 1. The standard InChI is InChI=1S/C14H23N5OS/c1-10-5-4-8-19(9-10)14-18-17-13(21-14)16-12(20)15-11-6-2-3-7-11/h10-11H,2-9H2,1H3,(H2,15,16,17,20). The molecule has 2 amide bonds. The van der Waals surface area contributed by atoms with Crippen molar-refractivity contribution < 1.29 is 4.79 Å². The second-order valence-corrected chi connectivity index (χ2v) is 7.12. The minimum Gasteiger partial charge on any atom is -0.346 e. The van der Waals surface area contributed by atoms with Gasteiger partial charge in [0, 0.05) is 19.1 Å². The van der Waals surface area contributed by atoms with Gasteiger partial charge in [0.1, 0.15) is 0 Å². The predicted molar refractivity (Wildman–Crippen MR) is 84.9 cm³/mol. The summed E-state index contributed by atoms with van der Waals surface area (Å²) in [6.45, 7) is 4.33. The smallest absolute Gasteiger partial charge is 0.321 e. The number of carbonyl (C=O) groups is 1. The number of anilines is 2. The van der Waals surface area contributed by atoms with E-state index in [4.69, 9.17) is 0 Å². The van der Waals surface area contributed by atoms with Gasteiger partial charge in [-0.15, -0.1) is 10.2 Å². The Labute approximate surface area is 129 Å². The maximum absolute atomic E-state index is 11.9. The lowest BCUT2D eigenvalue weighted by Crippen LogP contribution is -2.36. The van der Waals surface area contributed by atoms with Crippen molar-refractivity contribution >= 4 is 27.6 Å². The van der Waals surface area contributed by atoms with E-state index in [-0.39, 0.29) is 6.03 Å². The summed E-state index contributed by atoms with van der Waals surface area (Å²) in [6.07, 6.45) is 7.07. The summed E-state index contributed by atoms with van der Waals surface area (Å²) >= 11 is 1.46. The number of amides is 2. The molecule has 3 rings (SSSR count). The van der Waals surface area contributed by atoms with Gasteiger partial charge in [-0.25, -0.2) is 4.79 Å². The van der Waals surface area contributed by atoms with E-state index in [9.17, 15) is 4.79 Å². The zero-order valence-corrected chi connectivity index (χ0v) is 13.3. The van der Waals surface area contributed by atoms with Crippen molar-refractivity contribution in [1.82, 2.24) is 15.5 Å². The first-order valence-electron chi connectivity index (χ1n) is 7.86. The van der Waals surface area contributed by atoms with Gasteiger partial charge in [-0.3, -0.25) is 5.32 Å². The highest BCUT2D eigenvalue weighted by Gasteiger charge is 2.21. The average molecular weight is 309 g/mol. The molecule has 1 saturated carbocycles. The second kappa shape index (κ2) is 6.60. The first-order chi connectivity index (χ1) is 10.2. The van der Waals surface area contributed by atoms with Gasteiger partial charge >= 0.3 is 6.03 Å². The lowest BCUT2D eigenvalue weighted by atomic mass is 10.0. The highest BCUT2D eigenvalue weighted by atomic mass is 32.1. The van der Waals surface area contributed by atoms with E-state index < -0.39 is 0 Å². The van der Waals surface area contributed by atoms with E-state index in [0.717, 1.165) is 31.1 Å². The van der Waals surface area contributed by atoms with Crippen molar-refractivity contribution in [2.24, 2.45) is 5.92 Å². The van der Waals surface area contributed by atoms with Gasteiger partial charge in [0.25, 0.3) is 0 Å². The average Bonchev–Trinajstić information content (AvgIpc) is 3.10. The van der Waals surface area contributed by atoms with Crippen LogP contribution in [-0.4, -0.2) is 35.4 Å². The number of urea groups is 1. The first-order valence-corrected chi connectivity index (χ1v) is 8.68. The Morgan fingerprint density at radius 3 is 2.81 bits per heavy atom. The summed E-state index contributed by atoms with van der Waals surface area (Å²) in [6, 6.07) is 0.164. The zero-order chi connectivity index (χ0) is 14.7. The minimum absolute atomic E-state index is 0.156. The number of hydrogen-bond donors (Lipinski definition) is 2. The van der Waals surface area contributed by atoms with Gasteiger partial charge in [0.2, 0.25) is 10.3 Å². The monoisotopic (exact) mass is 309 g/mol. The highest BCUT2D eigenvalue weighted by molar-refractivity contribution is 7.19. The van der Waals surface area contributed by atoms with Crippen LogP contribution in [0.1, 0.15) is 45.4 Å². The Morgan fingerprint density at radius 1 is 1.24 bits per heavy atom.